The maximum Gasteiger partial charge on any atom is 0.241 e. The summed E-state index contributed by atoms with van der Waals surface area (Å²) < 4.78 is 1.67. The van der Waals surface area contributed by atoms with Crippen molar-refractivity contribution in [1.29, 1.82) is 0 Å². The van der Waals surface area contributed by atoms with Crippen LogP contribution in [0.15, 0.2) is 24.3 Å². The van der Waals surface area contributed by atoms with Crippen LogP contribution in [0.25, 0.3) is 5.69 Å². The monoisotopic (exact) mass is 314 g/mol. The number of rotatable bonds is 4. The van der Waals surface area contributed by atoms with Crippen molar-refractivity contribution in [1.82, 2.24) is 25.1 Å². The van der Waals surface area contributed by atoms with Gasteiger partial charge in [-0.1, -0.05) is 13.0 Å². The number of carbonyl (C=O) groups is 1. The summed E-state index contributed by atoms with van der Waals surface area (Å²) >= 11 is 0. The molecule has 1 aromatic heterocycles. The molecule has 1 aromatic carbocycles. The fraction of sp³-hybridized carbons (Fsp3) is 0.500. The minimum Gasteiger partial charge on any atom is -0.376 e. The molecule has 3 rings (SSSR count). The number of nitrogens with one attached hydrogen (secondary N) is 1. The van der Waals surface area contributed by atoms with Gasteiger partial charge in [0.2, 0.25) is 5.91 Å². The Kier molecular flexibility index (Phi) is 4.55. The summed E-state index contributed by atoms with van der Waals surface area (Å²) in [5.74, 6) is 1.47. The Balaban J connectivity index is 1.62. The Bertz CT molecular complexity index is 683. The fourth-order valence-corrected chi connectivity index (χ4v) is 2.92. The van der Waals surface area contributed by atoms with Crippen LogP contribution in [0.1, 0.15) is 25.6 Å². The van der Waals surface area contributed by atoms with Gasteiger partial charge in [-0.25, -0.2) is 0 Å². The van der Waals surface area contributed by atoms with Crippen LogP contribution < -0.4 is 5.32 Å². The molecular weight excluding hydrogens is 292 g/mol. The van der Waals surface area contributed by atoms with Crippen LogP contribution in [0, 0.1) is 12.8 Å². The van der Waals surface area contributed by atoms with Crippen molar-refractivity contribution in [3.8, 4) is 5.69 Å². The molecular formula is C16H22N6O. The van der Waals surface area contributed by atoms with Gasteiger partial charge < -0.3 is 10.2 Å². The van der Waals surface area contributed by atoms with Gasteiger partial charge in [-0.3, -0.25) is 4.79 Å². The molecule has 2 aromatic rings. The number of amides is 1. The smallest absolute Gasteiger partial charge is 0.241 e. The number of hydrogen-bond donors (Lipinski definition) is 1. The largest absolute Gasteiger partial charge is 0.376 e. The highest BCUT2D eigenvalue weighted by Gasteiger charge is 2.20. The number of aromatic nitrogens is 4. The minimum absolute atomic E-state index is 0.153. The van der Waals surface area contributed by atoms with E-state index in [1.807, 2.05) is 36.1 Å². The van der Waals surface area contributed by atoms with E-state index in [0.29, 0.717) is 12.5 Å². The summed E-state index contributed by atoms with van der Waals surface area (Å²) in [6.07, 6.45) is 2.31. The molecule has 122 valence electrons. The molecule has 7 heteroatoms. The number of carbonyl (C=O) groups excluding carboxylic acids is 1. The van der Waals surface area contributed by atoms with E-state index < -0.39 is 0 Å². The van der Waals surface area contributed by atoms with Crippen molar-refractivity contribution in [2.75, 3.05) is 25.0 Å². The van der Waals surface area contributed by atoms with Crippen molar-refractivity contribution in [3.63, 3.8) is 0 Å². The topological polar surface area (TPSA) is 75.9 Å². The maximum atomic E-state index is 12.3. The van der Waals surface area contributed by atoms with Gasteiger partial charge in [-0.2, -0.15) is 4.68 Å². The van der Waals surface area contributed by atoms with Gasteiger partial charge in [-0.05, 0) is 54.3 Å². The van der Waals surface area contributed by atoms with Crippen LogP contribution in [-0.2, 0) is 4.79 Å². The molecule has 1 amide bonds. The number of aryl methyl sites for hydroxylation is 1. The van der Waals surface area contributed by atoms with Gasteiger partial charge in [0.05, 0.1) is 12.2 Å². The lowest BCUT2D eigenvalue weighted by molar-refractivity contribution is -0.130. The Labute approximate surface area is 135 Å². The van der Waals surface area contributed by atoms with Crippen molar-refractivity contribution in [2.24, 2.45) is 5.92 Å². The second kappa shape index (κ2) is 6.76. The zero-order chi connectivity index (χ0) is 16.2. The Morgan fingerprint density at radius 1 is 1.43 bits per heavy atom. The van der Waals surface area contributed by atoms with Gasteiger partial charge >= 0.3 is 0 Å². The fourth-order valence-electron chi connectivity index (χ4n) is 2.92. The normalized spacial score (nSPS) is 18.0. The highest BCUT2D eigenvalue weighted by molar-refractivity contribution is 5.81. The molecule has 1 fully saturated rings. The summed E-state index contributed by atoms with van der Waals surface area (Å²) in [6, 6.07) is 7.74. The van der Waals surface area contributed by atoms with Gasteiger partial charge in [0, 0.05) is 18.8 Å². The van der Waals surface area contributed by atoms with Crippen LogP contribution in [-0.4, -0.2) is 50.6 Å². The van der Waals surface area contributed by atoms with Crippen molar-refractivity contribution in [3.05, 3.63) is 30.1 Å². The van der Waals surface area contributed by atoms with Crippen LogP contribution in [0.4, 0.5) is 5.69 Å². The predicted molar refractivity (Wildman–Crippen MR) is 87.4 cm³/mol. The van der Waals surface area contributed by atoms with E-state index in [2.05, 4.69) is 27.8 Å². The predicted octanol–water partition coefficient (Wildman–Crippen LogP) is 1.64. The highest BCUT2D eigenvalue weighted by atomic mass is 16.2. The number of nitrogens with zero attached hydrogens (tertiary/aromatic N) is 5. The van der Waals surface area contributed by atoms with E-state index in [1.54, 1.807) is 4.68 Å². The first kappa shape index (κ1) is 15.5. The molecule has 0 bridgehead atoms. The van der Waals surface area contributed by atoms with Crippen molar-refractivity contribution >= 4 is 11.6 Å². The van der Waals surface area contributed by atoms with E-state index in [4.69, 9.17) is 0 Å². The van der Waals surface area contributed by atoms with E-state index >= 15 is 0 Å². The molecule has 2 heterocycles. The van der Waals surface area contributed by atoms with Crippen LogP contribution in [0.3, 0.4) is 0 Å². The summed E-state index contributed by atoms with van der Waals surface area (Å²) in [6.45, 7) is 6.09. The number of anilines is 1. The van der Waals surface area contributed by atoms with Crippen LogP contribution in [0.2, 0.25) is 0 Å². The zero-order valence-corrected chi connectivity index (χ0v) is 13.6. The van der Waals surface area contributed by atoms with E-state index in [0.717, 1.165) is 36.7 Å². The van der Waals surface area contributed by atoms with Gasteiger partial charge in [-0.15, -0.1) is 5.10 Å². The van der Waals surface area contributed by atoms with Crippen LogP contribution >= 0.6 is 0 Å². The number of benzene rings is 1. The number of tetrazole rings is 1. The molecule has 1 saturated heterocycles. The Hall–Kier alpha value is -2.44. The third kappa shape index (κ3) is 3.67. The zero-order valence-electron chi connectivity index (χ0n) is 13.6. The average molecular weight is 314 g/mol. The molecule has 0 radical (unpaired) electrons. The molecule has 0 aliphatic carbocycles. The minimum atomic E-state index is 0.153. The van der Waals surface area contributed by atoms with E-state index in [9.17, 15) is 4.79 Å². The summed E-state index contributed by atoms with van der Waals surface area (Å²) in [5, 5.41) is 14.7. The molecule has 0 spiro atoms. The molecule has 7 nitrogen and oxygen atoms in total. The average Bonchev–Trinajstić information content (AvgIpc) is 2.99. The van der Waals surface area contributed by atoms with Gasteiger partial charge in [0.1, 0.15) is 0 Å². The van der Waals surface area contributed by atoms with E-state index in [1.165, 1.54) is 6.42 Å². The molecule has 1 N–H and O–H groups in total. The molecule has 0 saturated carbocycles. The second-order valence-corrected chi connectivity index (χ2v) is 6.13. The van der Waals surface area contributed by atoms with Crippen molar-refractivity contribution < 1.29 is 4.79 Å². The first-order valence-electron chi connectivity index (χ1n) is 8.00. The molecule has 1 aliphatic heterocycles. The Morgan fingerprint density at radius 2 is 2.30 bits per heavy atom. The number of hydrogen-bond acceptors (Lipinski definition) is 5. The quantitative estimate of drug-likeness (QED) is 0.928. The molecule has 1 aliphatic rings. The SMILES string of the molecule is Cc1nnnn1-c1cccc(NCC(=O)N2CCC[C@@H](C)C2)c1. The third-order valence-electron chi connectivity index (χ3n) is 4.17. The second-order valence-electron chi connectivity index (χ2n) is 6.13. The van der Waals surface area contributed by atoms with E-state index in [-0.39, 0.29) is 5.91 Å². The summed E-state index contributed by atoms with van der Waals surface area (Å²) in [7, 11) is 0. The summed E-state index contributed by atoms with van der Waals surface area (Å²) in [5.41, 5.74) is 1.76. The van der Waals surface area contributed by atoms with Gasteiger partial charge in [0.15, 0.2) is 5.82 Å². The number of piperidine rings is 1. The van der Waals surface area contributed by atoms with Crippen molar-refractivity contribution in [2.45, 2.75) is 26.7 Å². The molecule has 1 atom stereocenters. The standard InChI is InChI=1S/C16H22N6O/c1-12-5-4-8-21(11-12)16(23)10-17-14-6-3-7-15(9-14)22-13(2)18-19-20-22/h3,6-7,9,12,17H,4-5,8,10-11H2,1-2H3/t12-/m1/s1. The van der Waals surface area contributed by atoms with Crippen LogP contribution in [0.5, 0.6) is 0 Å². The molecule has 23 heavy (non-hydrogen) atoms. The third-order valence-corrected chi connectivity index (χ3v) is 4.17. The first-order chi connectivity index (χ1) is 11.1. The highest BCUT2D eigenvalue weighted by Crippen LogP contribution is 2.17. The lowest BCUT2D eigenvalue weighted by atomic mass is 10.0. The van der Waals surface area contributed by atoms with Gasteiger partial charge in [0.25, 0.3) is 0 Å². The summed E-state index contributed by atoms with van der Waals surface area (Å²) in [4.78, 5) is 14.3. The molecule has 0 unspecified atom stereocenters. The lowest BCUT2D eigenvalue weighted by Crippen LogP contribution is -2.41. The first-order valence-corrected chi connectivity index (χ1v) is 8.00. The number of likely N-dealkylation sites (tertiary alicyclic amines) is 1. The lowest BCUT2D eigenvalue weighted by Gasteiger charge is -2.31. The Morgan fingerprint density at radius 3 is 3.04 bits per heavy atom. The maximum absolute atomic E-state index is 12.3.